The number of aliphatic carboxylic acids is 1. The van der Waals surface area contributed by atoms with E-state index in [9.17, 15) is 18.0 Å². The number of hydrogen-bond donors (Lipinski definition) is 2. The number of nitrogens with one attached hydrogen (secondary N) is 1. The number of rotatable bonds is 5. The molecule has 1 rings (SSSR count). The molecular weight excluding hydrogens is 239 g/mol. The molecule has 0 heterocycles. The minimum atomic E-state index is -4.71. The van der Waals surface area contributed by atoms with Crippen molar-refractivity contribution in [3.05, 3.63) is 29.8 Å². The van der Waals surface area contributed by atoms with Gasteiger partial charge in [0.15, 0.2) is 0 Å². The molecule has 0 aromatic heterocycles. The molecule has 0 radical (unpaired) electrons. The van der Waals surface area contributed by atoms with Gasteiger partial charge in [-0.15, -0.1) is 13.2 Å². The van der Waals surface area contributed by atoms with Crippen molar-refractivity contribution < 1.29 is 27.8 Å². The Morgan fingerprint density at radius 1 is 1.29 bits per heavy atom. The maximum absolute atomic E-state index is 11.8. The van der Waals surface area contributed by atoms with Crippen LogP contribution in [0.25, 0.3) is 0 Å². The van der Waals surface area contributed by atoms with Gasteiger partial charge >= 0.3 is 12.3 Å². The van der Waals surface area contributed by atoms with Gasteiger partial charge in [-0.3, -0.25) is 4.79 Å². The molecule has 0 spiro atoms. The smallest absolute Gasteiger partial charge is 0.480 e. The Bertz CT molecular complexity index is 375. The molecule has 4 nitrogen and oxygen atoms in total. The minimum Gasteiger partial charge on any atom is -0.480 e. The summed E-state index contributed by atoms with van der Waals surface area (Å²) in [6.07, 6.45) is -4.71. The zero-order valence-electron chi connectivity index (χ0n) is 8.62. The van der Waals surface area contributed by atoms with Crippen molar-refractivity contribution in [2.75, 3.05) is 6.54 Å². The molecule has 0 aliphatic rings. The van der Waals surface area contributed by atoms with Crippen LogP contribution in [0.2, 0.25) is 0 Å². The van der Waals surface area contributed by atoms with E-state index in [-0.39, 0.29) is 18.8 Å². The van der Waals surface area contributed by atoms with E-state index in [0.29, 0.717) is 5.56 Å². The third kappa shape index (κ3) is 5.76. The summed E-state index contributed by atoms with van der Waals surface area (Å²) in [5.74, 6) is -1.30. The highest BCUT2D eigenvalue weighted by molar-refractivity contribution is 5.68. The summed E-state index contributed by atoms with van der Waals surface area (Å²) < 4.78 is 39.2. The SMILES string of the molecule is O=C(O)CNCc1ccc(OC(F)(F)F)cc1. The molecule has 0 unspecified atom stereocenters. The van der Waals surface area contributed by atoms with Gasteiger partial charge in [0.25, 0.3) is 0 Å². The number of benzene rings is 1. The number of hydrogen-bond acceptors (Lipinski definition) is 3. The molecule has 0 aliphatic carbocycles. The van der Waals surface area contributed by atoms with Gasteiger partial charge in [-0.2, -0.15) is 0 Å². The van der Waals surface area contributed by atoms with Crippen molar-refractivity contribution in [2.45, 2.75) is 12.9 Å². The van der Waals surface area contributed by atoms with Crippen LogP contribution in [0.15, 0.2) is 24.3 Å². The Morgan fingerprint density at radius 3 is 2.35 bits per heavy atom. The molecule has 0 saturated heterocycles. The van der Waals surface area contributed by atoms with Gasteiger partial charge in [0.2, 0.25) is 0 Å². The first-order valence-electron chi connectivity index (χ1n) is 4.64. The second-order valence-corrected chi connectivity index (χ2v) is 3.19. The third-order valence-corrected chi connectivity index (χ3v) is 1.76. The minimum absolute atomic E-state index is 0.208. The highest BCUT2D eigenvalue weighted by Crippen LogP contribution is 2.22. The predicted molar refractivity (Wildman–Crippen MR) is 52.5 cm³/mol. The number of carbonyl (C=O) groups is 1. The van der Waals surface area contributed by atoms with Crippen molar-refractivity contribution in [3.8, 4) is 5.75 Å². The fourth-order valence-electron chi connectivity index (χ4n) is 1.12. The predicted octanol–water partition coefficient (Wildman–Crippen LogP) is 1.76. The summed E-state index contributed by atoms with van der Waals surface area (Å²) in [5, 5.41) is 11.0. The molecule has 0 aliphatic heterocycles. The molecule has 17 heavy (non-hydrogen) atoms. The number of halogens is 3. The molecule has 94 valence electrons. The summed E-state index contributed by atoms with van der Waals surface area (Å²) in [7, 11) is 0. The highest BCUT2D eigenvalue weighted by atomic mass is 19.4. The quantitative estimate of drug-likeness (QED) is 0.834. The third-order valence-electron chi connectivity index (χ3n) is 1.76. The zero-order chi connectivity index (χ0) is 12.9. The molecule has 0 atom stereocenters. The van der Waals surface area contributed by atoms with Crippen LogP contribution in [-0.2, 0) is 11.3 Å². The first-order chi connectivity index (χ1) is 7.87. The Hall–Kier alpha value is -1.76. The van der Waals surface area contributed by atoms with Gasteiger partial charge in [0, 0.05) is 6.54 Å². The number of alkyl halides is 3. The highest BCUT2D eigenvalue weighted by Gasteiger charge is 2.30. The Kier molecular flexibility index (Phi) is 4.33. The van der Waals surface area contributed by atoms with Crippen LogP contribution in [0.4, 0.5) is 13.2 Å². The van der Waals surface area contributed by atoms with E-state index in [1.54, 1.807) is 0 Å². The molecule has 0 saturated carbocycles. The Morgan fingerprint density at radius 2 is 1.88 bits per heavy atom. The standard InChI is InChI=1S/C10H10F3NO3/c11-10(12,13)17-8-3-1-7(2-4-8)5-14-6-9(15)16/h1-4,14H,5-6H2,(H,15,16). The summed E-state index contributed by atoms with van der Waals surface area (Å²) >= 11 is 0. The first kappa shape index (κ1) is 13.3. The van der Waals surface area contributed by atoms with E-state index >= 15 is 0 Å². The lowest BCUT2D eigenvalue weighted by Gasteiger charge is -2.09. The van der Waals surface area contributed by atoms with E-state index in [4.69, 9.17) is 5.11 Å². The average Bonchev–Trinajstić information content (AvgIpc) is 2.18. The van der Waals surface area contributed by atoms with Crippen molar-refractivity contribution in [1.29, 1.82) is 0 Å². The van der Waals surface area contributed by atoms with Crippen LogP contribution < -0.4 is 10.1 Å². The van der Waals surface area contributed by atoms with Gasteiger partial charge in [0.1, 0.15) is 5.75 Å². The molecule has 1 aromatic carbocycles. The van der Waals surface area contributed by atoms with Gasteiger partial charge in [-0.1, -0.05) is 12.1 Å². The van der Waals surface area contributed by atoms with E-state index in [1.165, 1.54) is 24.3 Å². The molecule has 0 bridgehead atoms. The lowest BCUT2D eigenvalue weighted by molar-refractivity contribution is -0.274. The maximum Gasteiger partial charge on any atom is 0.573 e. The van der Waals surface area contributed by atoms with Gasteiger partial charge in [0.05, 0.1) is 6.54 Å². The topological polar surface area (TPSA) is 58.6 Å². The summed E-state index contributed by atoms with van der Waals surface area (Å²) in [6, 6.07) is 5.20. The maximum atomic E-state index is 11.8. The fraction of sp³-hybridized carbons (Fsp3) is 0.300. The zero-order valence-corrected chi connectivity index (χ0v) is 8.62. The van der Waals surface area contributed by atoms with Crippen LogP contribution in [0, 0.1) is 0 Å². The average molecular weight is 249 g/mol. The van der Waals surface area contributed by atoms with Crippen LogP contribution in [-0.4, -0.2) is 24.0 Å². The summed E-state index contributed by atoms with van der Waals surface area (Å²) in [5.41, 5.74) is 0.667. The molecule has 2 N–H and O–H groups in total. The fourth-order valence-corrected chi connectivity index (χ4v) is 1.12. The number of ether oxygens (including phenoxy) is 1. The Balaban J connectivity index is 2.47. The molecule has 1 aromatic rings. The van der Waals surface area contributed by atoms with Gasteiger partial charge in [-0.05, 0) is 17.7 Å². The molecule has 0 fully saturated rings. The van der Waals surface area contributed by atoms with E-state index in [1.807, 2.05) is 0 Å². The summed E-state index contributed by atoms with van der Waals surface area (Å²) in [6.45, 7) is 0.0550. The van der Waals surface area contributed by atoms with Crippen molar-refractivity contribution in [2.24, 2.45) is 0 Å². The lowest BCUT2D eigenvalue weighted by atomic mass is 10.2. The second kappa shape index (κ2) is 5.53. The number of carboxylic acid groups (broad SMARTS) is 1. The Labute approximate surface area is 95.0 Å². The summed E-state index contributed by atoms with van der Waals surface area (Å²) in [4.78, 5) is 10.2. The van der Waals surface area contributed by atoms with Gasteiger partial charge < -0.3 is 15.2 Å². The monoisotopic (exact) mass is 249 g/mol. The largest absolute Gasteiger partial charge is 0.573 e. The van der Waals surface area contributed by atoms with Crippen LogP contribution in [0.3, 0.4) is 0 Å². The molecule has 0 amide bonds. The lowest BCUT2D eigenvalue weighted by Crippen LogP contribution is -2.21. The van der Waals surface area contributed by atoms with Crippen LogP contribution >= 0.6 is 0 Å². The molecule has 7 heteroatoms. The van der Waals surface area contributed by atoms with E-state index in [0.717, 1.165) is 0 Å². The second-order valence-electron chi connectivity index (χ2n) is 3.19. The normalized spacial score (nSPS) is 11.2. The first-order valence-corrected chi connectivity index (χ1v) is 4.64. The van der Waals surface area contributed by atoms with E-state index in [2.05, 4.69) is 10.1 Å². The van der Waals surface area contributed by atoms with Crippen LogP contribution in [0.1, 0.15) is 5.56 Å². The van der Waals surface area contributed by atoms with Gasteiger partial charge in [-0.25, -0.2) is 0 Å². The number of carboxylic acids is 1. The van der Waals surface area contributed by atoms with Crippen molar-refractivity contribution >= 4 is 5.97 Å². The van der Waals surface area contributed by atoms with Crippen LogP contribution in [0.5, 0.6) is 5.75 Å². The van der Waals surface area contributed by atoms with Crippen molar-refractivity contribution in [3.63, 3.8) is 0 Å². The van der Waals surface area contributed by atoms with E-state index < -0.39 is 12.3 Å². The molecular formula is C10H10F3NO3. The van der Waals surface area contributed by atoms with Crippen molar-refractivity contribution in [1.82, 2.24) is 5.32 Å².